The second-order valence-corrected chi connectivity index (χ2v) is 8.87. The van der Waals surface area contributed by atoms with E-state index >= 15 is 0 Å². The third kappa shape index (κ3) is 3.90. The molecule has 0 spiro atoms. The molecule has 2 unspecified atom stereocenters. The van der Waals surface area contributed by atoms with E-state index in [1.165, 1.54) is 16.9 Å². The molecule has 2 aromatic heterocycles. The highest BCUT2D eigenvalue weighted by molar-refractivity contribution is 5.98. The molecular formula is C25H21F2N7O. The third-order valence-corrected chi connectivity index (χ3v) is 6.71. The van der Waals surface area contributed by atoms with Gasteiger partial charge in [0.15, 0.2) is 0 Å². The zero-order valence-electron chi connectivity index (χ0n) is 18.6. The Balaban J connectivity index is 1.14. The summed E-state index contributed by atoms with van der Waals surface area (Å²) < 4.78 is 27.3. The molecule has 0 N–H and O–H groups in total. The van der Waals surface area contributed by atoms with E-state index < -0.39 is 11.6 Å². The molecule has 1 amide bonds. The van der Waals surface area contributed by atoms with Crippen molar-refractivity contribution >= 4 is 11.9 Å². The Labute approximate surface area is 199 Å². The Kier molecular flexibility index (Phi) is 5.20. The summed E-state index contributed by atoms with van der Waals surface area (Å²) in [5, 5.41) is 8.34. The molecule has 2 aliphatic heterocycles. The molecule has 0 saturated carbocycles. The van der Waals surface area contributed by atoms with Crippen LogP contribution in [-0.4, -0.2) is 61.9 Å². The molecule has 2 fully saturated rings. The lowest BCUT2D eigenvalue weighted by Crippen LogP contribution is -2.34. The fourth-order valence-electron chi connectivity index (χ4n) is 5.01. The van der Waals surface area contributed by atoms with Gasteiger partial charge in [0.05, 0.1) is 23.6 Å². The number of nitrogens with zero attached hydrogens (tertiary/aromatic N) is 7. The third-order valence-electron chi connectivity index (χ3n) is 6.71. The molecule has 0 bridgehead atoms. The number of fused-ring (bicyclic) bond motifs is 1. The summed E-state index contributed by atoms with van der Waals surface area (Å²) in [7, 11) is 0. The zero-order chi connectivity index (χ0) is 23.9. The summed E-state index contributed by atoms with van der Waals surface area (Å²) in [5.41, 5.74) is 1.99. The molecule has 2 saturated heterocycles. The van der Waals surface area contributed by atoms with Gasteiger partial charge in [0.25, 0.3) is 5.91 Å². The molecule has 2 aliphatic rings. The fourth-order valence-corrected chi connectivity index (χ4v) is 5.01. The van der Waals surface area contributed by atoms with E-state index in [0.717, 1.165) is 19.2 Å². The van der Waals surface area contributed by atoms with E-state index in [-0.39, 0.29) is 11.5 Å². The Morgan fingerprint density at radius 3 is 2.26 bits per heavy atom. The number of benzene rings is 2. The van der Waals surface area contributed by atoms with Gasteiger partial charge in [-0.3, -0.25) is 4.79 Å². The van der Waals surface area contributed by atoms with E-state index in [0.29, 0.717) is 47.7 Å². The number of carbonyl (C=O) groups excluding carboxylic acids is 1. The number of hydrogen-bond donors (Lipinski definition) is 0. The van der Waals surface area contributed by atoms with Crippen molar-refractivity contribution in [1.82, 2.24) is 29.9 Å². The predicted molar refractivity (Wildman–Crippen MR) is 124 cm³/mol. The Hall–Kier alpha value is -4.21. The number of likely N-dealkylation sites (tertiary alicyclic amines) is 1. The lowest BCUT2D eigenvalue weighted by Gasteiger charge is -2.22. The number of rotatable bonds is 4. The molecule has 2 atom stereocenters. The average Bonchev–Trinajstić information content (AvgIpc) is 3.61. The minimum absolute atomic E-state index is 0.0271. The van der Waals surface area contributed by atoms with Crippen molar-refractivity contribution in [2.45, 2.75) is 0 Å². The topological polar surface area (TPSA) is 80.0 Å². The van der Waals surface area contributed by atoms with Crippen molar-refractivity contribution in [3.63, 3.8) is 0 Å². The van der Waals surface area contributed by atoms with Gasteiger partial charge in [-0.25, -0.2) is 18.7 Å². The highest BCUT2D eigenvalue weighted by Gasteiger charge is 2.42. The van der Waals surface area contributed by atoms with Crippen LogP contribution in [0.25, 0.3) is 16.8 Å². The molecular weight excluding hydrogens is 452 g/mol. The van der Waals surface area contributed by atoms with Gasteiger partial charge in [0.2, 0.25) is 5.95 Å². The lowest BCUT2D eigenvalue weighted by molar-refractivity contribution is 0.0782. The summed E-state index contributed by atoms with van der Waals surface area (Å²) in [6.45, 7) is 2.78. The number of anilines is 1. The van der Waals surface area contributed by atoms with Crippen LogP contribution in [0.3, 0.4) is 0 Å². The molecule has 6 rings (SSSR count). The van der Waals surface area contributed by atoms with Crippen LogP contribution in [0.4, 0.5) is 14.7 Å². The van der Waals surface area contributed by atoms with Crippen LogP contribution >= 0.6 is 0 Å². The molecule has 10 heteroatoms. The Morgan fingerprint density at radius 2 is 1.57 bits per heavy atom. The molecule has 0 radical (unpaired) electrons. The molecule has 176 valence electrons. The normalized spacial score (nSPS) is 19.3. The lowest BCUT2D eigenvalue weighted by atomic mass is 10.0. The van der Waals surface area contributed by atoms with E-state index in [4.69, 9.17) is 0 Å². The summed E-state index contributed by atoms with van der Waals surface area (Å²) in [6, 6.07) is 10.8. The minimum Gasteiger partial charge on any atom is -0.340 e. The second kappa shape index (κ2) is 8.53. The van der Waals surface area contributed by atoms with Crippen LogP contribution in [0.2, 0.25) is 0 Å². The quantitative estimate of drug-likeness (QED) is 0.453. The van der Waals surface area contributed by atoms with Crippen LogP contribution in [-0.2, 0) is 0 Å². The highest BCUT2D eigenvalue weighted by Crippen LogP contribution is 2.34. The largest absolute Gasteiger partial charge is 0.340 e. The first-order valence-electron chi connectivity index (χ1n) is 11.3. The maximum Gasteiger partial charge on any atom is 0.256 e. The first-order valence-corrected chi connectivity index (χ1v) is 11.3. The monoisotopic (exact) mass is 473 g/mol. The molecule has 4 heterocycles. The molecule has 35 heavy (non-hydrogen) atoms. The van der Waals surface area contributed by atoms with Crippen molar-refractivity contribution in [2.24, 2.45) is 11.8 Å². The van der Waals surface area contributed by atoms with E-state index in [2.05, 4.69) is 25.1 Å². The van der Waals surface area contributed by atoms with Gasteiger partial charge in [-0.05, 0) is 24.3 Å². The van der Waals surface area contributed by atoms with Gasteiger partial charge < -0.3 is 9.80 Å². The summed E-state index contributed by atoms with van der Waals surface area (Å²) in [6.07, 6.45) is 6.29. The fraction of sp³-hybridized carbons (Fsp3) is 0.240. The summed E-state index contributed by atoms with van der Waals surface area (Å²) in [4.78, 5) is 27.6. The van der Waals surface area contributed by atoms with Gasteiger partial charge in [-0.1, -0.05) is 12.1 Å². The molecule has 0 aliphatic carbocycles. The molecule has 8 nitrogen and oxygen atoms in total. The van der Waals surface area contributed by atoms with Crippen molar-refractivity contribution in [3.05, 3.63) is 84.4 Å². The Bertz CT molecular complexity index is 1360. The highest BCUT2D eigenvalue weighted by atomic mass is 19.1. The summed E-state index contributed by atoms with van der Waals surface area (Å²) >= 11 is 0. The van der Waals surface area contributed by atoms with E-state index in [1.54, 1.807) is 30.9 Å². The van der Waals surface area contributed by atoms with Crippen molar-refractivity contribution in [2.75, 3.05) is 31.1 Å². The van der Waals surface area contributed by atoms with Crippen LogP contribution in [0, 0.1) is 23.5 Å². The molecule has 2 aromatic carbocycles. The van der Waals surface area contributed by atoms with Crippen LogP contribution in [0.15, 0.2) is 67.3 Å². The van der Waals surface area contributed by atoms with Crippen molar-refractivity contribution in [1.29, 1.82) is 0 Å². The van der Waals surface area contributed by atoms with Crippen molar-refractivity contribution < 1.29 is 13.6 Å². The van der Waals surface area contributed by atoms with Crippen LogP contribution in [0.5, 0.6) is 0 Å². The standard InChI is InChI=1S/C25H21F2N7O/c26-19-5-6-20(22(27)9-19)16-10-28-25(29-11-16)33-14-17-12-32(13-18(17)15-33)24(35)21-3-1-2-4-23(21)34-30-7-8-31-34/h1-11,17-18H,12-15H2. The first-order chi connectivity index (χ1) is 17.1. The van der Waals surface area contributed by atoms with E-state index in [9.17, 15) is 13.6 Å². The smallest absolute Gasteiger partial charge is 0.256 e. The average molecular weight is 473 g/mol. The maximum atomic E-state index is 14.1. The number of carbonyl (C=O) groups is 1. The minimum atomic E-state index is -0.647. The summed E-state index contributed by atoms with van der Waals surface area (Å²) in [5.74, 6) is -0.105. The van der Waals surface area contributed by atoms with Gasteiger partial charge in [-0.2, -0.15) is 15.0 Å². The van der Waals surface area contributed by atoms with Gasteiger partial charge in [-0.15, -0.1) is 0 Å². The number of aromatic nitrogens is 5. The maximum absolute atomic E-state index is 14.1. The number of hydrogen-bond acceptors (Lipinski definition) is 6. The van der Waals surface area contributed by atoms with Gasteiger partial charge >= 0.3 is 0 Å². The number of para-hydroxylation sites is 1. The second-order valence-electron chi connectivity index (χ2n) is 8.87. The van der Waals surface area contributed by atoms with Crippen molar-refractivity contribution in [3.8, 4) is 16.8 Å². The van der Waals surface area contributed by atoms with Crippen LogP contribution < -0.4 is 4.90 Å². The van der Waals surface area contributed by atoms with Crippen LogP contribution in [0.1, 0.15) is 10.4 Å². The SMILES string of the molecule is O=C(c1ccccc1-n1nccn1)N1CC2CN(c3ncc(-c4ccc(F)cc4F)cn3)CC2C1. The number of halogens is 2. The van der Waals surface area contributed by atoms with Gasteiger partial charge in [0.1, 0.15) is 11.6 Å². The van der Waals surface area contributed by atoms with Gasteiger partial charge in [0, 0.05) is 67.6 Å². The zero-order valence-corrected chi connectivity index (χ0v) is 18.6. The molecule has 4 aromatic rings. The predicted octanol–water partition coefficient (Wildman–Crippen LogP) is 3.21. The first kappa shape index (κ1) is 21.3. The Morgan fingerprint density at radius 1 is 0.886 bits per heavy atom. The van der Waals surface area contributed by atoms with E-state index in [1.807, 2.05) is 23.1 Å². The number of amides is 1.